The highest BCUT2D eigenvalue weighted by molar-refractivity contribution is 8.02. The second-order valence-corrected chi connectivity index (χ2v) is 13.8. The molecule has 3 saturated heterocycles. The van der Waals surface area contributed by atoms with Crippen LogP contribution in [0.25, 0.3) is 0 Å². The molecule has 3 aliphatic rings. The number of unbranched alkanes of at least 4 members (excludes halogenated alkanes) is 3. The molecule has 3 aliphatic heterocycles. The number of fused-ring (bicyclic) bond motifs is 1. The van der Waals surface area contributed by atoms with E-state index in [4.69, 9.17) is 0 Å². The Morgan fingerprint density at radius 2 is 1.79 bits per heavy atom. The van der Waals surface area contributed by atoms with Crippen LogP contribution < -0.4 is 0 Å². The number of amides is 3. The Hall–Kier alpha value is -1.80. The zero-order chi connectivity index (χ0) is 28.8. The Bertz CT molecular complexity index is 912. The van der Waals surface area contributed by atoms with Crippen LogP contribution in [0.2, 0.25) is 0 Å². The molecule has 2 bridgehead atoms. The third-order valence-electron chi connectivity index (χ3n) is 9.09. The normalized spacial score (nSPS) is 29.8. The van der Waals surface area contributed by atoms with Crippen molar-refractivity contribution in [1.82, 2.24) is 14.7 Å². The molecule has 0 aliphatic carbocycles. The monoisotopic (exact) mass is 561 g/mol. The minimum atomic E-state index is -0.592. The molecule has 1 spiro atoms. The maximum atomic E-state index is 14.5. The van der Waals surface area contributed by atoms with E-state index in [9.17, 15) is 19.5 Å². The lowest BCUT2D eigenvalue weighted by Crippen LogP contribution is -2.56. The predicted molar refractivity (Wildman–Crippen MR) is 159 cm³/mol. The first-order valence-electron chi connectivity index (χ1n) is 15.1. The third kappa shape index (κ3) is 5.97. The van der Waals surface area contributed by atoms with Gasteiger partial charge in [0.15, 0.2) is 0 Å². The number of nitrogens with zero attached hydrogens (tertiary/aromatic N) is 3. The summed E-state index contributed by atoms with van der Waals surface area (Å²) in [6.07, 6.45) is 11.1. The molecule has 0 aromatic carbocycles. The molecule has 39 heavy (non-hydrogen) atoms. The van der Waals surface area contributed by atoms with Crippen LogP contribution >= 0.6 is 11.8 Å². The van der Waals surface area contributed by atoms with Crippen molar-refractivity contribution in [1.29, 1.82) is 0 Å². The van der Waals surface area contributed by atoms with Crippen molar-refractivity contribution in [3.8, 4) is 0 Å². The lowest BCUT2D eigenvalue weighted by Gasteiger charge is -2.39. The van der Waals surface area contributed by atoms with Crippen LogP contribution in [-0.2, 0) is 14.4 Å². The Kier molecular flexibility index (Phi) is 11.2. The van der Waals surface area contributed by atoms with E-state index >= 15 is 0 Å². The number of thioether (sulfide) groups is 1. The SMILES string of the molecule is C=CCN(CCC)C(=O)[C@H]1[C@H]2C(=O)N(CCCCCCO)C(C(=O)N(CC=C)C(C)CCC)C23CC[C@]1(C)S3. The topological polar surface area (TPSA) is 81.2 Å². The summed E-state index contributed by atoms with van der Waals surface area (Å²) in [6, 6.07) is -0.530. The molecule has 3 heterocycles. The van der Waals surface area contributed by atoms with Crippen LogP contribution in [0.15, 0.2) is 25.3 Å². The van der Waals surface area contributed by atoms with Crippen LogP contribution in [-0.4, -0.2) is 91.9 Å². The van der Waals surface area contributed by atoms with Gasteiger partial charge in [-0.05, 0) is 52.4 Å². The molecule has 0 saturated carbocycles. The largest absolute Gasteiger partial charge is 0.396 e. The first-order chi connectivity index (χ1) is 18.7. The van der Waals surface area contributed by atoms with Crippen LogP contribution in [0.1, 0.15) is 85.5 Å². The predicted octanol–water partition coefficient (Wildman–Crippen LogP) is 4.65. The van der Waals surface area contributed by atoms with Gasteiger partial charge in [-0.15, -0.1) is 24.9 Å². The van der Waals surface area contributed by atoms with Gasteiger partial charge in [0.25, 0.3) is 0 Å². The van der Waals surface area contributed by atoms with E-state index in [0.29, 0.717) is 26.2 Å². The van der Waals surface area contributed by atoms with Crippen LogP contribution in [0.5, 0.6) is 0 Å². The number of likely N-dealkylation sites (tertiary alicyclic amines) is 1. The maximum Gasteiger partial charge on any atom is 0.247 e. The van der Waals surface area contributed by atoms with Crippen molar-refractivity contribution >= 4 is 29.5 Å². The van der Waals surface area contributed by atoms with Crippen molar-refractivity contribution in [2.75, 3.05) is 32.8 Å². The average Bonchev–Trinajstić information content (AvgIpc) is 3.47. The second-order valence-electron chi connectivity index (χ2n) is 11.9. The lowest BCUT2D eigenvalue weighted by atomic mass is 9.66. The molecule has 8 heteroatoms. The molecule has 7 nitrogen and oxygen atoms in total. The van der Waals surface area contributed by atoms with E-state index in [0.717, 1.165) is 57.8 Å². The average molecular weight is 562 g/mol. The van der Waals surface area contributed by atoms with E-state index in [-0.39, 0.29) is 35.1 Å². The molecule has 1 N–H and O–H groups in total. The van der Waals surface area contributed by atoms with Gasteiger partial charge in [-0.1, -0.05) is 45.3 Å². The summed E-state index contributed by atoms with van der Waals surface area (Å²) in [7, 11) is 0. The molecular formula is C31H51N3O4S. The van der Waals surface area contributed by atoms with Gasteiger partial charge >= 0.3 is 0 Å². The summed E-state index contributed by atoms with van der Waals surface area (Å²) >= 11 is 1.75. The minimum absolute atomic E-state index is 0.00316. The van der Waals surface area contributed by atoms with E-state index < -0.39 is 22.6 Å². The highest BCUT2D eigenvalue weighted by Crippen LogP contribution is 2.71. The number of hydrogen-bond acceptors (Lipinski definition) is 5. The number of aliphatic hydroxyl groups excluding tert-OH is 1. The molecule has 3 rings (SSSR count). The van der Waals surface area contributed by atoms with Crippen LogP contribution in [0.3, 0.4) is 0 Å². The Morgan fingerprint density at radius 1 is 1.10 bits per heavy atom. The first-order valence-corrected chi connectivity index (χ1v) is 15.9. The molecule has 0 aromatic heterocycles. The first kappa shape index (κ1) is 31.7. The molecule has 0 aromatic rings. The van der Waals surface area contributed by atoms with Gasteiger partial charge in [0, 0.05) is 43.6 Å². The van der Waals surface area contributed by atoms with E-state index in [1.807, 2.05) is 14.7 Å². The molecule has 3 unspecified atom stereocenters. The fraction of sp³-hybridized carbons (Fsp3) is 0.774. The van der Waals surface area contributed by atoms with Crippen molar-refractivity contribution < 1.29 is 19.5 Å². The Labute approximate surface area is 240 Å². The lowest BCUT2D eigenvalue weighted by molar-refractivity contribution is -0.146. The summed E-state index contributed by atoms with van der Waals surface area (Å²) in [6.45, 7) is 18.4. The number of carbonyl (C=O) groups excluding carboxylic acids is 3. The summed E-state index contributed by atoms with van der Waals surface area (Å²) < 4.78 is -0.958. The highest BCUT2D eigenvalue weighted by Gasteiger charge is 2.77. The standard InChI is InChI=1S/C31H51N3O4S/c1-7-15-23(5)33(20-10-4)29(38)26-31-17-16-30(6,39-31)24(27(36)32(18-8-2)19-9-3)25(31)28(37)34(26)21-13-11-12-14-22-35/h8,10,23-26,35H,2,4,7,9,11-22H2,1,3,5-6H3/t23?,24-,25+,26?,30+,31?/m1/s1. The summed E-state index contributed by atoms with van der Waals surface area (Å²) in [5, 5.41) is 9.18. The minimum Gasteiger partial charge on any atom is -0.396 e. The van der Waals surface area contributed by atoms with Gasteiger partial charge in [0.2, 0.25) is 17.7 Å². The quantitative estimate of drug-likeness (QED) is 0.207. The highest BCUT2D eigenvalue weighted by atomic mass is 32.2. The molecule has 3 amide bonds. The van der Waals surface area contributed by atoms with Gasteiger partial charge in [0.1, 0.15) is 6.04 Å². The van der Waals surface area contributed by atoms with Gasteiger partial charge in [0.05, 0.1) is 16.6 Å². The van der Waals surface area contributed by atoms with Crippen molar-refractivity contribution in [2.45, 2.75) is 107 Å². The van der Waals surface area contributed by atoms with Crippen LogP contribution in [0, 0.1) is 11.8 Å². The number of carbonyl (C=O) groups is 3. The maximum absolute atomic E-state index is 14.5. The van der Waals surface area contributed by atoms with Gasteiger partial charge in [-0.3, -0.25) is 14.4 Å². The van der Waals surface area contributed by atoms with Crippen molar-refractivity contribution in [2.24, 2.45) is 11.8 Å². The molecule has 6 atom stereocenters. The summed E-state index contributed by atoms with van der Waals surface area (Å²) in [5.41, 5.74) is 0. The van der Waals surface area contributed by atoms with Crippen molar-refractivity contribution in [3.05, 3.63) is 25.3 Å². The molecule has 0 radical (unpaired) electrons. The number of rotatable bonds is 17. The summed E-state index contributed by atoms with van der Waals surface area (Å²) in [5.74, 6) is -0.919. The van der Waals surface area contributed by atoms with E-state index in [1.165, 1.54) is 0 Å². The fourth-order valence-electron chi connectivity index (χ4n) is 7.34. The fourth-order valence-corrected chi connectivity index (χ4v) is 9.68. The van der Waals surface area contributed by atoms with Gasteiger partial charge in [-0.2, -0.15) is 0 Å². The van der Waals surface area contributed by atoms with Gasteiger partial charge in [-0.25, -0.2) is 0 Å². The Morgan fingerprint density at radius 3 is 2.41 bits per heavy atom. The zero-order valence-corrected chi connectivity index (χ0v) is 25.5. The van der Waals surface area contributed by atoms with Crippen molar-refractivity contribution in [3.63, 3.8) is 0 Å². The second kappa shape index (κ2) is 13.7. The van der Waals surface area contributed by atoms with Crippen LogP contribution in [0.4, 0.5) is 0 Å². The van der Waals surface area contributed by atoms with Gasteiger partial charge < -0.3 is 19.8 Å². The van der Waals surface area contributed by atoms with E-state index in [1.54, 1.807) is 23.9 Å². The van der Waals surface area contributed by atoms with E-state index in [2.05, 4.69) is 40.9 Å². The molecule has 220 valence electrons. The third-order valence-corrected chi connectivity index (χ3v) is 11.1. The zero-order valence-electron chi connectivity index (χ0n) is 24.7. The molecule has 3 fully saturated rings. The summed E-state index contributed by atoms with van der Waals surface area (Å²) in [4.78, 5) is 48.6. The molecular weight excluding hydrogens is 510 g/mol. The number of aliphatic hydroxyl groups is 1. The number of hydrogen-bond donors (Lipinski definition) is 1. The Balaban J connectivity index is 2.03. The smallest absolute Gasteiger partial charge is 0.247 e.